The monoisotopic (exact) mass is 247 g/mol. The van der Waals surface area contributed by atoms with Crippen molar-refractivity contribution in [1.82, 2.24) is 4.98 Å². The van der Waals surface area contributed by atoms with E-state index in [2.05, 4.69) is 33.4 Å². The maximum absolute atomic E-state index is 4.51. The maximum atomic E-state index is 4.51. The molecule has 2 aromatic rings. The van der Waals surface area contributed by atoms with Crippen LogP contribution in [0.2, 0.25) is 0 Å². The van der Waals surface area contributed by atoms with Crippen LogP contribution in [0.15, 0.2) is 18.2 Å². The molecule has 0 aliphatic carbocycles. The van der Waals surface area contributed by atoms with Gasteiger partial charge in [-0.25, -0.2) is 4.98 Å². The fraction of sp³-hybridized carbons (Fsp3) is 0.462. The summed E-state index contributed by atoms with van der Waals surface area (Å²) < 4.78 is 1.28. The largest absolute Gasteiger partial charge is 0.371 e. The second-order valence-corrected chi connectivity index (χ2v) is 5.50. The molecule has 17 heavy (non-hydrogen) atoms. The third-order valence-corrected chi connectivity index (χ3v) is 4.34. The first kappa shape index (κ1) is 10.8. The number of benzene rings is 1. The Hall–Kier alpha value is -1.29. The molecule has 1 fully saturated rings. The van der Waals surface area contributed by atoms with Gasteiger partial charge in [0.2, 0.25) is 0 Å². The van der Waals surface area contributed by atoms with E-state index < -0.39 is 0 Å². The Labute approximate surface area is 105 Å². The number of anilines is 2. The lowest BCUT2D eigenvalue weighted by Crippen LogP contribution is -2.29. The van der Waals surface area contributed by atoms with Gasteiger partial charge in [0.05, 0.1) is 10.2 Å². The van der Waals surface area contributed by atoms with Gasteiger partial charge >= 0.3 is 0 Å². The first-order valence-corrected chi connectivity index (χ1v) is 7.02. The van der Waals surface area contributed by atoms with Gasteiger partial charge in [0.15, 0.2) is 5.13 Å². The van der Waals surface area contributed by atoms with E-state index in [1.54, 1.807) is 11.3 Å². The number of nitrogens with zero attached hydrogens (tertiary/aromatic N) is 2. The highest BCUT2D eigenvalue weighted by molar-refractivity contribution is 7.22. The lowest BCUT2D eigenvalue weighted by atomic mass is 10.1. The fourth-order valence-corrected chi connectivity index (χ4v) is 3.22. The summed E-state index contributed by atoms with van der Waals surface area (Å²) in [7, 11) is 1.92. The Balaban J connectivity index is 1.94. The second kappa shape index (κ2) is 4.53. The topological polar surface area (TPSA) is 28.2 Å². The number of hydrogen-bond acceptors (Lipinski definition) is 4. The summed E-state index contributed by atoms with van der Waals surface area (Å²) in [6.45, 7) is 2.40. The molecule has 0 spiro atoms. The zero-order valence-electron chi connectivity index (χ0n) is 10.1. The Morgan fingerprint density at radius 3 is 2.82 bits per heavy atom. The fourth-order valence-electron chi connectivity index (χ4n) is 2.37. The summed E-state index contributed by atoms with van der Waals surface area (Å²) >= 11 is 1.73. The van der Waals surface area contributed by atoms with Crippen LogP contribution in [-0.2, 0) is 0 Å². The van der Waals surface area contributed by atoms with Crippen molar-refractivity contribution in [2.45, 2.75) is 19.3 Å². The summed E-state index contributed by atoms with van der Waals surface area (Å²) in [5, 5.41) is 4.11. The zero-order valence-corrected chi connectivity index (χ0v) is 10.9. The SMILES string of the molecule is CNc1nc2ccc(N3CCCCC3)cc2s1. The van der Waals surface area contributed by atoms with E-state index in [1.165, 1.54) is 42.7 Å². The van der Waals surface area contributed by atoms with Crippen molar-refractivity contribution in [3.63, 3.8) is 0 Å². The van der Waals surface area contributed by atoms with Crippen LogP contribution in [0.1, 0.15) is 19.3 Å². The zero-order chi connectivity index (χ0) is 11.7. The van der Waals surface area contributed by atoms with E-state index in [-0.39, 0.29) is 0 Å². The molecule has 0 unspecified atom stereocenters. The van der Waals surface area contributed by atoms with Crippen LogP contribution >= 0.6 is 11.3 Å². The summed E-state index contributed by atoms with van der Waals surface area (Å²) in [6, 6.07) is 6.61. The Bertz CT molecular complexity index is 514. The minimum absolute atomic E-state index is 0.996. The molecule has 0 radical (unpaired) electrons. The summed E-state index contributed by atoms with van der Waals surface area (Å²) in [4.78, 5) is 6.99. The van der Waals surface area contributed by atoms with Gasteiger partial charge in [-0.3, -0.25) is 0 Å². The molecule has 90 valence electrons. The predicted octanol–water partition coefficient (Wildman–Crippen LogP) is 3.33. The minimum atomic E-state index is 0.996. The molecule has 2 heterocycles. The lowest BCUT2D eigenvalue weighted by molar-refractivity contribution is 0.578. The van der Waals surface area contributed by atoms with E-state index in [1.807, 2.05) is 7.05 Å². The standard InChI is InChI=1S/C13H17N3S/c1-14-13-15-11-6-5-10(9-12(11)17-13)16-7-3-2-4-8-16/h5-6,9H,2-4,7-8H2,1H3,(H,14,15). The highest BCUT2D eigenvalue weighted by Crippen LogP contribution is 2.30. The first-order chi connectivity index (χ1) is 8.36. The van der Waals surface area contributed by atoms with E-state index in [9.17, 15) is 0 Å². The van der Waals surface area contributed by atoms with Gasteiger partial charge in [-0.1, -0.05) is 11.3 Å². The molecular weight excluding hydrogens is 230 g/mol. The summed E-state index contributed by atoms with van der Waals surface area (Å²) in [6.07, 6.45) is 4.02. The molecule has 1 aromatic carbocycles. The van der Waals surface area contributed by atoms with Crippen molar-refractivity contribution >= 4 is 32.4 Å². The van der Waals surface area contributed by atoms with Gasteiger partial charge in [0.25, 0.3) is 0 Å². The maximum Gasteiger partial charge on any atom is 0.183 e. The molecule has 1 aliphatic rings. The predicted molar refractivity (Wildman–Crippen MR) is 75.2 cm³/mol. The number of nitrogens with one attached hydrogen (secondary N) is 1. The van der Waals surface area contributed by atoms with Gasteiger partial charge in [0.1, 0.15) is 0 Å². The van der Waals surface area contributed by atoms with Crippen LogP contribution in [0.3, 0.4) is 0 Å². The third-order valence-electron chi connectivity index (χ3n) is 3.31. The van der Waals surface area contributed by atoms with Crippen LogP contribution in [0, 0.1) is 0 Å². The van der Waals surface area contributed by atoms with E-state index >= 15 is 0 Å². The molecule has 4 heteroatoms. The normalized spacial score (nSPS) is 16.4. The highest BCUT2D eigenvalue weighted by atomic mass is 32.1. The van der Waals surface area contributed by atoms with Crippen molar-refractivity contribution in [3.05, 3.63) is 18.2 Å². The van der Waals surface area contributed by atoms with Crippen molar-refractivity contribution in [2.75, 3.05) is 30.4 Å². The summed E-state index contributed by atoms with van der Waals surface area (Å²) in [5.41, 5.74) is 2.45. The minimum Gasteiger partial charge on any atom is -0.371 e. The molecule has 1 N–H and O–H groups in total. The number of piperidine rings is 1. The average Bonchev–Trinajstić information content (AvgIpc) is 2.81. The van der Waals surface area contributed by atoms with Crippen molar-refractivity contribution in [1.29, 1.82) is 0 Å². The van der Waals surface area contributed by atoms with Crippen molar-refractivity contribution in [3.8, 4) is 0 Å². The van der Waals surface area contributed by atoms with E-state index in [0.29, 0.717) is 0 Å². The number of aromatic nitrogens is 1. The molecule has 1 saturated heterocycles. The number of rotatable bonds is 2. The average molecular weight is 247 g/mol. The first-order valence-electron chi connectivity index (χ1n) is 6.20. The smallest absolute Gasteiger partial charge is 0.183 e. The second-order valence-electron chi connectivity index (χ2n) is 4.47. The van der Waals surface area contributed by atoms with Crippen molar-refractivity contribution < 1.29 is 0 Å². The number of fused-ring (bicyclic) bond motifs is 1. The van der Waals surface area contributed by atoms with E-state index in [4.69, 9.17) is 0 Å². The molecule has 0 saturated carbocycles. The van der Waals surface area contributed by atoms with E-state index in [0.717, 1.165) is 10.6 Å². The van der Waals surface area contributed by atoms with Crippen LogP contribution in [0.25, 0.3) is 10.2 Å². The van der Waals surface area contributed by atoms with Gasteiger partial charge in [0, 0.05) is 25.8 Å². The molecule has 1 aromatic heterocycles. The van der Waals surface area contributed by atoms with Gasteiger partial charge in [-0.05, 0) is 37.5 Å². The van der Waals surface area contributed by atoms with Crippen LogP contribution in [0.4, 0.5) is 10.8 Å². The molecule has 3 nitrogen and oxygen atoms in total. The molecule has 0 bridgehead atoms. The number of hydrogen-bond donors (Lipinski definition) is 1. The molecule has 0 atom stereocenters. The summed E-state index contributed by atoms with van der Waals surface area (Å²) in [5.74, 6) is 0. The Morgan fingerprint density at radius 1 is 1.24 bits per heavy atom. The molecule has 3 rings (SSSR count). The molecule has 0 amide bonds. The number of thiazole rings is 1. The van der Waals surface area contributed by atoms with Gasteiger partial charge < -0.3 is 10.2 Å². The highest BCUT2D eigenvalue weighted by Gasteiger charge is 2.12. The van der Waals surface area contributed by atoms with Crippen LogP contribution in [0.5, 0.6) is 0 Å². The third kappa shape index (κ3) is 2.09. The quantitative estimate of drug-likeness (QED) is 0.882. The van der Waals surface area contributed by atoms with Crippen LogP contribution < -0.4 is 10.2 Å². The molecule has 1 aliphatic heterocycles. The van der Waals surface area contributed by atoms with Gasteiger partial charge in [-0.15, -0.1) is 0 Å². The van der Waals surface area contributed by atoms with Gasteiger partial charge in [-0.2, -0.15) is 0 Å². The van der Waals surface area contributed by atoms with Crippen LogP contribution in [-0.4, -0.2) is 25.1 Å². The lowest BCUT2D eigenvalue weighted by Gasteiger charge is -2.28. The molecular formula is C13H17N3S. The Kier molecular flexibility index (Phi) is 2.89. The Morgan fingerprint density at radius 2 is 2.06 bits per heavy atom. The van der Waals surface area contributed by atoms with Crippen molar-refractivity contribution in [2.24, 2.45) is 0 Å².